The molecule has 0 bridgehead atoms. The van der Waals surface area contributed by atoms with E-state index in [2.05, 4.69) is 0 Å². The summed E-state index contributed by atoms with van der Waals surface area (Å²) in [7, 11) is 0. The smallest absolute Gasteiger partial charge is 0.358 e. The van der Waals surface area contributed by atoms with E-state index in [1.807, 2.05) is 13.8 Å². The maximum Gasteiger partial charge on any atom is 0.443 e. The molecule has 1 heterocycles. The predicted molar refractivity (Wildman–Crippen MR) is 53.8 cm³/mol. The fraction of sp³-hybridized carbons (Fsp3) is 1.00. The summed E-state index contributed by atoms with van der Waals surface area (Å²) in [5, 5.41) is 9.61. The molecule has 5 heteroatoms. The van der Waals surface area contributed by atoms with E-state index in [-0.39, 0.29) is 12.0 Å². The number of hydrogen-bond acceptors (Lipinski definition) is 2. The molecule has 16 heavy (non-hydrogen) atoms. The van der Waals surface area contributed by atoms with Gasteiger partial charge >= 0.3 is 6.18 Å². The van der Waals surface area contributed by atoms with Crippen molar-refractivity contribution in [2.24, 2.45) is 10.8 Å². The lowest BCUT2D eigenvalue weighted by Crippen LogP contribution is -2.49. The lowest BCUT2D eigenvalue weighted by atomic mass is 9.73. The van der Waals surface area contributed by atoms with Gasteiger partial charge in [0.15, 0.2) is 0 Å². The van der Waals surface area contributed by atoms with Gasteiger partial charge < -0.3 is 9.84 Å². The SMILES string of the molecule is CC1(C)COC(O)(C(F)(F)F)CC(C)(C)C1. The van der Waals surface area contributed by atoms with Crippen LogP contribution in [0.15, 0.2) is 0 Å². The largest absolute Gasteiger partial charge is 0.443 e. The molecule has 1 atom stereocenters. The van der Waals surface area contributed by atoms with Gasteiger partial charge in [-0.15, -0.1) is 0 Å². The van der Waals surface area contributed by atoms with Crippen LogP contribution in [0.1, 0.15) is 40.5 Å². The van der Waals surface area contributed by atoms with E-state index in [9.17, 15) is 18.3 Å². The molecule has 0 aliphatic carbocycles. The van der Waals surface area contributed by atoms with E-state index < -0.39 is 23.8 Å². The van der Waals surface area contributed by atoms with Crippen molar-refractivity contribution in [2.75, 3.05) is 6.61 Å². The second kappa shape index (κ2) is 3.60. The molecule has 96 valence electrons. The topological polar surface area (TPSA) is 29.5 Å². The third-order valence-electron chi connectivity index (χ3n) is 2.82. The average Bonchev–Trinajstić information content (AvgIpc) is 2.02. The molecule has 0 radical (unpaired) electrons. The molecule has 1 unspecified atom stereocenters. The highest BCUT2D eigenvalue weighted by Crippen LogP contribution is 2.48. The van der Waals surface area contributed by atoms with Gasteiger partial charge in [-0.05, 0) is 17.3 Å². The zero-order valence-corrected chi connectivity index (χ0v) is 10.1. The van der Waals surface area contributed by atoms with Gasteiger partial charge in [-0.1, -0.05) is 27.7 Å². The van der Waals surface area contributed by atoms with Crippen LogP contribution in [0.25, 0.3) is 0 Å². The number of alkyl halides is 3. The summed E-state index contributed by atoms with van der Waals surface area (Å²) >= 11 is 0. The molecule has 1 fully saturated rings. The van der Waals surface area contributed by atoms with Gasteiger partial charge in [0.1, 0.15) is 0 Å². The molecule has 0 aromatic rings. The van der Waals surface area contributed by atoms with Crippen molar-refractivity contribution in [3.05, 3.63) is 0 Å². The Kier molecular flexibility index (Phi) is 3.10. The molecule has 0 saturated carbocycles. The van der Waals surface area contributed by atoms with Crippen LogP contribution in [0, 0.1) is 10.8 Å². The number of hydrogen-bond donors (Lipinski definition) is 1. The van der Waals surface area contributed by atoms with Crippen molar-refractivity contribution in [1.29, 1.82) is 0 Å². The van der Waals surface area contributed by atoms with Gasteiger partial charge in [-0.25, -0.2) is 0 Å². The normalized spacial score (nSPS) is 34.5. The lowest BCUT2D eigenvalue weighted by molar-refractivity contribution is -0.372. The van der Waals surface area contributed by atoms with Crippen molar-refractivity contribution < 1.29 is 23.0 Å². The predicted octanol–water partition coefficient (Wildman–Crippen LogP) is 3.10. The molecule has 1 rings (SSSR count). The first-order valence-electron chi connectivity index (χ1n) is 5.30. The lowest BCUT2D eigenvalue weighted by Gasteiger charge is -2.34. The Hall–Kier alpha value is -0.290. The Morgan fingerprint density at radius 3 is 1.94 bits per heavy atom. The summed E-state index contributed by atoms with van der Waals surface area (Å²) in [6, 6.07) is 0. The van der Waals surface area contributed by atoms with Crippen LogP contribution in [0.4, 0.5) is 13.2 Å². The molecule has 0 spiro atoms. The Morgan fingerprint density at radius 2 is 1.50 bits per heavy atom. The molecule has 0 amide bonds. The van der Waals surface area contributed by atoms with Gasteiger partial charge in [-0.3, -0.25) is 0 Å². The molecular formula is C11H19F3O2. The minimum Gasteiger partial charge on any atom is -0.358 e. The van der Waals surface area contributed by atoms with E-state index in [4.69, 9.17) is 4.74 Å². The quantitative estimate of drug-likeness (QED) is 0.705. The van der Waals surface area contributed by atoms with E-state index in [1.165, 1.54) is 0 Å². The number of ether oxygens (including phenoxy) is 1. The molecule has 2 nitrogen and oxygen atoms in total. The first-order chi connectivity index (χ1) is 6.87. The number of aliphatic hydroxyl groups is 1. The highest BCUT2D eigenvalue weighted by molar-refractivity contribution is 4.91. The number of halogens is 3. The van der Waals surface area contributed by atoms with Crippen LogP contribution >= 0.6 is 0 Å². The summed E-state index contributed by atoms with van der Waals surface area (Å²) in [4.78, 5) is 0. The zero-order valence-electron chi connectivity index (χ0n) is 10.1. The van der Waals surface area contributed by atoms with Gasteiger partial charge in [0.05, 0.1) is 6.61 Å². The van der Waals surface area contributed by atoms with E-state index in [0.29, 0.717) is 6.42 Å². The monoisotopic (exact) mass is 240 g/mol. The van der Waals surface area contributed by atoms with E-state index in [0.717, 1.165) is 0 Å². The summed E-state index contributed by atoms with van der Waals surface area (Å²) in [5.41, 5.74) is -0.969. The second-order valence-electron chi connectivity index (χ2n) is 6.25. The third-order valence-corrected chi connectivity index (χ3v) is 2.82. The first-order valence-corrected chi connectivity index (χ1v) is 5.30. The van der Waals surface area contributed by atoms with E-state index >= 15 is 0 Å². The molecular weight excluding hydrogens is 221 g/mol. The van der Waals surface area contributed by atoms with Gasteiger partial charge in [0.2, 0.25) is 0 Å². The van der Waals surface area contributed by atoms with Gasteiger partial charge in [0.25, 0.3) is 5.79 Å². The van der Waals surface area contributed by atoms with Crippen molar-refractivity contribution >= 4 is 0 Å². The summed E-state index contributed by atoms with van der Waals surface area (Å²) in [6.45, 7) is 7.04. The third kappa shape index (κ3) is 2.88. The molecule has 1 aliphatic heterocycles. The molecule has 1 N–H and O–H groups in total. The van der Waals surface area contributed by atoms with Crippen LogP contribution in [0.5, 0.6) is 0 Å². The van der Waals surface area contributed by atoms with Gasteiger partial charge in [0, 0.05) is 6.42 Å². The van der Waals surface area contributed by atoms with Crippen molar-refractivity contribution in [3.63, 3.8) is 0 Å². The summed E-state index contributed by atoms with van der Waals surface area (Å²) in [5.74, 6) is -3.01. The van der Waals surface area contributed by atoms with Crippen LogP contribution in [-0.2, 0) is 4.74 Å². The maximum atomic E-state index is 12.7. The maximum absolute atomic E-state index is 12.7. The minimum atomic E-state index is -4.75. The molecule has 1 saturated heterocycles. The van der Waals surface area contributed by atoms with E-state index in [1.54, 1.807) is 13.8 Å². The standard InChI is InChI=1S/C11H19F3O2/c1-8(2)5-9(3,4)7-16-10(15,6-8)11(12,13)14/h15H,5-7H2,1-4H3. The average molecular weight is 240 g/mol. The van der Waals surface area contributed by atoms with Crippen molar-refractivity contribution in [3.8, 4) is 0 Å². The minimum absolute atomic E-state index is 0.0908. The van der Waals surface area contributed by atoms with Crippen LogP contribution in [-0.4, -0.2) is 23.7 Å². The first kappa shape index (κ1) is 13.8. The zero-order chi connectivity index (χ0) is 12.8. The Labute approximate surface area is 93.8 Å². The van der Waals surface area contributed by atoms with Crippen molar-refractivity contribution in [2.45, 2.75) is 52.5 Å². The fourth-order valence-electron chi connectivity index (χ4n) is 2.61. The van der Waals surface area contributed by atoms with Crippen LogP contribution in [0.3, 0.4) is 0 Å². The fourth-order valence-corrected chi connectivity index (χ4v) is 2.61. The molecule has 1 aliphatic rings. The number of rotatable bonds is 0. The van der Waals surface area contributed by atoms with Crippen molar-refractivity contribution in [1.82, 2.24) is 0 Å². The van der Waals surface area contributed by atoms with Gasteiger partial charge in [-0.2, -0.15) is 13.2 Å². The Balaban J connectivity index is 3.02. The van der Waals surface area contributed by atoms with Crippen LogP contribution in [0.2, 0.25) is 0 Å². The molecule has 0 aromatic heterocycles. The second-order valence-corrected chi connectivity index (χ2v) is 6.25. The highest BCUT2D eigenvalue weighted by atomic mass is 19.4. The molecule has 0 aromatic carbocycles. The Morgan fingerprint density at radius 1 is 1.00 bits per heavy atom. The highest BCUT2D eigenvalue weighted by Gasteiger charge is 2.59. The summed E-state index contributed by atoms with van der Waals surface area (Å²) < 4.78 is 42.9. The summed E-state index contributed by atoms with van der Waals surface area (Å²) in [6.07, 6.45) is -4.59. The van der Waals surface area contributed by atoms with Crippen LogP contribution < -0.4 is 0 Å². The Bertz CT molecular complexity index is 271.